The van der Waals surface area contributed by atoms with Gasteiger partial charge in [0.25, 0.3) is 5.91 Å². The molecule has 0 aliphatic rings. The summed E-state index contributed by atoms with van der Waals surface area (Å²) in [4.78, 5) is 15.5. The zero-order chi connectivity index (χ0) is 15.4. The number of nitrogens with one attached hydrogen (secondary N) is 2. The van der Waals surface area contributed by atoms with Gasteiger partial charge in [-0.2, -0.15) is 0 Å². The molecule has 2 aromatic carbocycles. The molecule has 2 N–H and O–H groups in total. The van der Waals surface area contributed by atoms with Crippen molar-refractivity contribution in [2.45, 2.75) is 6.42 Å². The predicted molar refractivity (Wildman–Crippen MR) is 87.3 cm³/mol. The minimum absolute atomic E-state index is 0.0667. The SMILES string of the molecule is COc1ccccc1CCNC(=O)c1cccc2cc[nH]c12. The van der Waals surface area contributed by atoms with Crippen molar-refractivity contribution in [3.8, 4) is 5.75 Å². The van der Waals surface area contributed by atoms with E-state index in [0.717, 1.165) is 28.6 Å². The molecule has 1 aromatic heterocycles. The van der Waals surface area contributed by atoms with Crippen molar-refractivity contribution < 1.29 is 9.53 Å². The first kappa shape index (κ1) is 14.2. The molecule has 0 unspecified atom stereocenters. The Labute approximate surface area is 129 Å². The second kappa shape index (κ2) is 6.35. The number of ether oxygens (including phenoxy) is 1. The number of H-pyrrole nitrogens is 1. The van der Waals surface area contributed by atoms with Crippen LogP contribution >= 0.6 is 0 Å². The van der Waals surface area contributed by atoms with Gasteiger partial charge in [0.1, 0.15) is 5.75 Å². The van der Waals surface area contributed by atoms with Crippen LogP contribution in [0.5, 0.6) is 5.75 Å². The van der Waals surface area contributed by atoms with Crippen molar-refractivity contribution in [1.82, 2.24) is 10.3 Å². The third-order valence-electron chi connectivity index (χ3n) is 3.70. The van der Waals surface area contributed by atoms with E-state index in [9.17, 15) is 4.79 Å². The summed E-state index contributed by atoms with van der Waals surface area (Å²) in [6.07, 6.45) is 2.58. The van der Waals surface area contributed by atoms with Crippen LogP contribution < -0.4 is 10.1 Å². The molecule has 0 saturated carbocycles. The van der Waals surface area contributed by atoms with Crippen LogP contribution in [0.15, 0.2) is 54.7 Å². The lowest BCUT2D eigenvalue weighted by Crippen LogP contribution is -2.26. The summed E-state index contributed by atoms with van der Waals surface area (Å²) in [6, 6.07) is 15.5. The molecule has 4 heteroatoms. The molecule has 112 valence electrons. The molecule has 0 aliphatic heterocycles. The number of amides is 1. The van der Waals surface area contributed by atoms with E-state index in [4.69, 9.17) is 4.74 Å². The van der Waals surface area contributed by atoms with Gasteiger partial charge in [0.2, 0.25) is 0 Å². The summed E-state index contributed by atoms with van der Waals surface area (Å²) in [7, 11) is 1.66. The van der Waals surface area contributed by atoms with Gasteiger partial charge in [-0.15, -0.1) is 0 Å². The number of rotatable bonds is 5. The number of methoxy groups -OCH3 is 1. The minimum atomic E-state index is -0.0667. The van der Waals surface area contributed by atoms with Gasteiger partial charge in [0, 0.05) is 18.1 Å². The average Bonchev–Trinajstić information content (AvgIpc) is 3.03. The predicted octanol–water partition coefficient (Wildman–Crippen LogP) is 3.15. The number of carbonyl (C=O) groups is 1. The smallest absolute Gasteiger partial charge is 0.253 e. The van der Waals surface area contributed by atoms with Gasteiger partial charge in [-0.3, -0.25) is 4.79 Å². The largest absolute Gasteiger partial charge is 0.496 e. The van der Waals surface area contributed by atoms with Gasteiger partial charge in [-0.05, 0) is 30.2 Å². The second-order valence-corrected chi connectivity index (χ2v) is 5.07. The van der Waals surface area contributed by atoms with Crippen LogP contribution in [-0.4, -0.2) is 24.5 Å². The monoisotopic (exact) mass is 294 g/mol. The Bertz CT molecular complexity index is 792. The summed E-state index contributed by atoms with van der Waals surface area (Å²) < 4.78 is 5.32. The third kappa shape index (κ3) is 2.81. The Morgan fingerprint density at radius 1 is 1.14 bits per heavy atom. The van der Waals surface area contributed by atoms with Crippen molar-refractivity contribution in [3.05, 3.63) is 65.9 Å². The number of benzene rings is 2. The van der Waals surface area contributed by atoms with Crippen molar-refractivity contribution in [2.24, 2.45) is 0 Å². The summed E-state index contributed by atoms with van der Waals surface area (Å²) in [5.74, 6) is 0.783. The Morgan fingerprint density at radius 2 is 2.00 bits per heavy atom. The number of hydrogen-bond acceptors (Lipinski definition) is 2. The third-order valence-corrected chi connectivity index (χ3v) is 3.70. The Hall–Kier alpha value is -2.75. The first-order valence-corrected chi connectivity index (χ1v) is 7.26. The second-order valence-electron chi connectivity index (χ2n) is 5.07. The van der Waals surface area contributed by atoms with Crippen LogP contribution in [0.3, 0.4) is 0 Å². The number of para-hydroxylation sites is 2. The van der Waals surface area contributed by atoms with E-state index in [-0.39, 0.29) is 5.91 Å². The number of aromatic amines is 1. The highest BCUT2D eigenvalue weighted by atomic mass is 16.5. The molecule has 3 rings (SSSR count). The van der Waals surface area contributed by atoms with Crippen molar-refractivity contribution >= 4 is 16.8 Å². The van der Waals surface area contributed by atoms with Gasteiger partial charge in [0.15, 0.2) is 0 Å². The van der Waals surface area contributed by atoms with E-state index in [1.165, 1.54) is 0 Å². The summed E-state index contributed by atoms with van der Waals surface area (Å²) in [5.41, 5.74) is 2.63. The van der Waals surface area contributed by atoms with Crippen LogP contribution in [0.2, 0.25) is 0 Å². The lowest BCUT2D eigenvalue weighted by atomic mass is 10.1. The van der Waals surface area contributed by atoms with E-state index in [1.54, 1.807) is 7.11 Å². The molecule has 22 heavy (non-hydrogen) atoms. The highest BCUT2D eigenvalue weighted by Gasteiger charge is 2.10. The first-order chi connectivity index (χ1) is 10.8. The van der Waals surface area contributed by atoms with E-state index in [2.05, 4.69) is 10.3 Å². The quantitative estimate of drug-likeness (QED) is 0.759. The summed E-state index contributed by atoms with van der Waals surface area (Å²) in [5, 5.41) is 4.01. The lowest BCUT2D eigenvalue weighted by Gasteiger charge is -2.09. The Kier molecular flexibility index (Phi) is 4.10. The molecule has 0 bridgehead atoms. The molecule has 1 heterocycles. The van der Waals surface area contributed by atoms with Crippen LogP contribution in [0.4, 0.5) is 0 Å². The molecule has 0 atom stereocenters. The van der Waals surface area contributed by atoms with Gasteiger partial charge in [-0.25, -0.2) is 0 Å². The maximum Gasteiger partial charge on any atom is 0.253 e. The molecule has 0 fully saturated rings. The standard InChI is InChI=1S/C18H18N2O2/c1-22-16-8-3-2-5-13(16)9-12-20-18(21)15-7-4-6-14-10-11-19-17(14)15/h2-8,10-11,19H,9,12H2,1H3,(H,20,21). The normalized spacial score (nSPS) is 10.6. The number of carbonyl (C=O) groups excluding carboxylic acids is 1. The summed E-state index contributed by atoms with van der Waals surface area (Å²) >= 11 is 0. The lowest BCUT2D eigenvalue weighted by molar-refractivity contribution is 0.0955. The zero-order valence-electron chi connectivity index (χ0n) is 12.4. The van der Waals surface area contributed by atoms with Crippen LogP contribution in [0.1, 0.15) is 15.9 Å². The van der Waals surface area contributed by atoms with Gasteiger partial charge < -0.3 is 15.0 Å². The molecule has 4 nitrogen and oxygen atoms in total. The zero-order valence-corrected chi connectivity index (χ0v) is 12.4. The summed E-state index contributed by atoms with van der Waals surface area (Å²) in [6.45, 7) is 0.566. The highest BCUT2D eigenvalue weighted by molar-refractivity contribution is 6.05. The van der Waals surface area contributed by atoms with Crippen LogP contribution in [-0.2, 0) is 6.42 Å². The number of fused-ring (bicyclic) bond motifs is 1. The van der Waals surface area contributed by atoms with Gasteiger partial charge >= 0.3 is 0 Å². The molecule has 0 spiro atoms. The topological polar surface area (TPSA) is 54.1 Å². The van der Waals surface area contributed by atoms with E-state index in [0.29, 0.717) is 12.1 Å². The van der Waals surface area contributed by atoms with Crippen molar-refractivity contribution in [3.63, 3.8) is 0 Å². The van der Waals surface area contributed by atoms with Crippen molar-refractivity contribution in [2.75, 3.05) is 13.7 Å². The molecular formula is C18H18N2O2. The Morgan fingerprint density at radius 3 is 2.86 bits per heavy atom. The number of aromatic nitrogens is 1. The van der Waals surface area contributed by atoms with E-state index in [1.807, 2.05) is 54.7 Å². The van der Waals surface area contributed by atoms with Crippen LogP contribution in [0.25, 0.3) is 10.9 Å². The molecule has 0 radical (unpaired) electrons. The first-order valence-electron chi connectivity index (χ1n) is 7.26. The molecule has 3 aromatic rings. The average molecular weight is 294 g/mol. The maximum atomic E-state index is 12.3. The van der Waals surface area contributed by atoms with E-state index >= 15 is 0 Å². The fourth-order valence-electron chi connectivity index (χ4n) is 2.59. The molecule has 0 saturated heterocycles. The molecule has 1 amide bonds. The van der Waals surface area contributed by atoms with Crippen LogP contribution in [0, 0.1) is 0 Å². The van der Waals surface area contributed by atoms with Gasteiger partial charge in [-0.1, -0.05) is 30.3 Å². The maximum absolute atomic E-state index is 12.3. The highest BCUT2D eigenvalue weighted by Crippen LogP contribution is 2.18. The molecular weight excluding hydrogens is 276 g/mol. The van der Waals surface area contributed by atoms with Crippen molar-refractivity contribution in [1.29, 1.82) is 0 Å². The fraction of sp³-hybridized carbons (Fsp3) is 0.167. The minimum Gasteiger partial charge on any atom is -0.496 e. The number of hydrogen-bond donors (Lipinski definition) is 2. The fourth-order valence-corrected chi connectivity index (χ4v) is 2.59. The van der Waals surface area contributed by atoms with Gasteiger partial charge in [0.05, 0.1) is 18.2 Å². The Balaban J connectivity index is 1.67. The van der Waals surface area contributed by atoms with E-state index < -0.39 is 0 Å². The molecule has 0 aliphatic carbocycles.